The van der Waals surface area contributed by atoms with E-state index < -0.39 is 17.6 Å². The van der Waals surface area contributed by atoms with Crippen LogP contribution in [0.1, 0.15) is 29.5 Å². The van der Waals surface area contributed by atoms with E-state index in [-0.39, 0.29) is 48.9 Å². The number of aliphatic hydroxyl groups excluding tert-OH is 1. The van der Waals surface area contributed by atoms with Crippen LogP contribution < -0.4 is 4.90 Å². The largest absolute Gasteiger partial charge is 0.392 e. The molecule has 0 saturated carbocycles. The Hall–Kier alpha value is -3.38. The number of anilines is 1. The lowest BCUT2D eigenvalue weighted by Crippen LogP contribution is -2.29. The first-order valence-corrected chi connectivity index (χ1v) is 10.9. The lowest BCUT2D eigenvalue weighted by atomic mass is 9.97. The van der Waals surface area contributed by atoms with Crippen LogP contribution in [0, 0.1) is 24.5 Å². The topological polar surface area (TPSA) is 57.6 Å². The average Bonchev–Trinajstić information content (AvgIpc) is 3.17. The minimum absolute atomic E-state index is 0.0253. The highest BCUT2D eigenvalue weighted by Crippen LogP contribution is 2.35. The summed E-state index contributed by atoms with van der Waals surface area (Å²) in [5.41, 5.74) is 2.77. The van der Waals surface area contributed by atoms with E-state index in [0.717, 1.165) is 11.1 Å². The summed E-state index contributed by atoms with van der Waals surface area (Å²) in [6.07, 6.45) is 0.732. The first kappa shape index (κ1) is 22.8. The van der Waals surface area contributed by atoms with Crippen molar-refractivity contribution in [1.29, 1.82) is 0 Å². The van der Waals surface area contributed by atoms with Crippen molar-refractivity contribution >= 4 is 17.4 Å². The van der Waals surface area contributed by atoms with Crippen LogP contribution in [0.15, 0.2) is 60.7 Å². The zero-order valence-corrected chi connectivity index (χ0v) is 18.4. The Kier molecular flexibility index (Phi) is 6.65. The van der Waals surface area contributed by atoms with Gasteiger partial charge < -0.3 is 10.0 Å². The molecular formula is C27H25F2NO3. The van der Waals surface area contributed by atoms with Crippen LogP contribution in [0.5, 0.6) is 0 Å². The Morgan fingerprint density at radius 2 is 1.73 bits per heavy atom. The number of aliphatic hydroxyl groups is 1. The van der Waals surface area contributed by atoms with Crippen LogP contribution in [0.3, 0.4) is 0 Å². The highest BCUT2D eigenvalue weighted by Gasteiger charge is 2.36. The molecule has 1 aliphatic rings. The van der Waals surface area contributed by atoms with E-state index in [1.165, 1.54) is 17.0 Å². The van der Waals surface area contributed by atoms with Crippen LogP contribution in [-0.4, -0.2) is 23.3 Å². The SMILES string of the molecule is Cc1ccc(CC(=O)C[C@@H]2CCN(c3ccc(-c4ccccc4CO)c(F)c3F)C2=O)cc1. The Labute approximate surface area is 191 Å². The molecule has 1 N–H and O–H groups in total. The fraction of sp³-hybridized carbons (Fsp3) is 0.259. The van der Waals surface area contributed by atoms with E-state index in [9.17, 15) is 19.1 Å². The van der Waals surface area contributed by atoms with Crippen LogP contribution in [0.2, 0.25) is 0 Å². The van der Waals surface area contributed by atoms with Gasteiger partial charge in [-0.15, -0.1) is 0 Å². The molecule has 3 aromatic carbocycles. The number of carbonyl (C=O) groups is 2. The first-order chi connectivity index (χ1) is 15.9. The van der Waals surface area contributed by atoms with Gasteiger partial charge in [-0.05, 0) is 42.2 Å². The summed E-state index contributed by atoms with van der Waals surface area (Å²) in [6.45, 7) is 1.89. The summed E-state index contributed by atoms with van der Waals surface area (Å²) in [7, 11) is 0. The summed E-state index contributed by atoms with van der Waals surface area (Å²) < 4.78 is 30.0. The number of aryl methyl sites for hydroxylation is 1. The highest BCUT2D eigenvalue weighted by molar-refractivity contribution is 6.00. The minimum atomic E-state index is -1.11. The number of ketones is 1. The van der Waals surface area contributed by atoms with Crippen molar-refractivity contribution < 1.29 is 23.5 Å². The molecule has 33 heavy (non-hydrogen) atoms. The molecule has 1 saturated heterocycles. The second kappa shape index (κ2) is 9.63. The maximum absolute atomic E-state index is 15.0. The van der Waals surface area contributed by atoms with Crippen LogP contribution in [0.25, 0.3) is 11.1 Å². The molecule has 0 spiro atoms. The second-order valence-corrected chi connectivity index (χ2v) is 8.46. The van der Waals surface area contributed by atoms with Crippen molar-refractivity contribution in [2.24, 2.45) is 5.92 Å². The van der Waals surface area contributed by atoms with E-state index in [1.807, 2.05) is 31.2 Å². The van der Waals surface area contributed by atoms with Crippen molar-refractivity contribution in [2.45, 2.75) is 32.8 Å². The number of nitrogens with zero attached hydrogens (tertiary/aromatic N) is 1. The number of rotatable bonds is 7. The molecule has 0 radical (unpaired) electrons. The zero-order valence-electron chi connectivity index (χ0n) is 18.4. The Morgan fingerprint density at radius 1 is 1.00 bits per heavy atom. The monoisotopic (exact) mass is 449 g/mol. The van der Waals surface area contributed by atoms with Gasteiger partial charge in [-0.2, -0.15) is 0 Å². The molecule has 4 rings (SSSR count). The van der Waals surface area contributed by atoms with E-state index in [0.29, 0.717) is 17.5 Å². The number of carbonyl (C=O) groups excluding carboxylic acids is 2. The fourth-order valence-corrected chi connectivity index (χ4v) is 4.32. The van der Waals surface area contributed by atoms with Crippen molar-refractivity contribution in [3.8, 4) is 11.1 Å². The van der Waals surface area contributed by atoms with E-state index >= 15 is 4.39 Å². The van der Waals surface area contributed by atoms with Crippen molar-refractivity contribution in [3.63, 3.8) is 0 Å². The molecule has 3 aromatic rings. The van der Waals surface area contributed by atoms with Gasteiger partial charge in [0.15, 0.2) is 11.6 Å². The van der Waals surface area contributed by atoms with Gasteiger partial charge in [0.25, 0.3) is 0 Å². The normalized spacial score (nSPS) is 15.8. The molecule has 1 amide bonds. The van der Waals surface area contributed by atoms with Crippen LogP contribution >= 0.6 is 0 Å². The molecule has 0 bridgehead atoms. The van der Waals surface area contributed by atoms with Crippen molar-refractivity contribution in [1.82, 2.24) is 0 Å². The van der Waals surface area contributed by atoms with Gasteiger partial charge in [0.1, 0.15) is 5.78 Å². The molecule has 170 valence electrons. The molecular weight excluding hydrogens is 424 g/mol. The maximum atomic E-state index is 15.0. The number of halogens is 2. The summed E-state index contributed by atoms with van der Waals surface area (Å²) >= 11 is 0. The van der Waals surface area contributed by atoms with Crippen molar-refractivity contribution in [2.75, 3.05) is 11.4 Å². The zero-order chi connectivity index (χ0) is 23.5. The first-order valence-electron chi connectivity index (χ1n) is 10.9. The molecule has 0 unspecified atom stereocenters. The average molecular weight is 449 g/mol. The van der Waals surface area contributed by atoms with Crippen LogP contribution in [-0.2, 0) is 22.6 Å². The molecule has 1 aliphatic heterocycles. The predicted octanol–water partition coefficient (Wildman–Crippen LogP) is 4.99. The lowest BCUT2D eigenvalue weighted by Gasteiger charge is -2.19. The van der Waals surface area contributed by atoms with Gasteiger partial charge in [-0.25, -0.2) is 8.78 Å². The number of hydrogen-bond donors (Lipinski definition) is 1. The Balaban J connectivity index is 1.49. The number of Topliss-reactive ketones (excluding diaryl/α,β-unsaturated/α-hetero) is 1. The van der Waals surface area contributed by atoms with Crippen molar-refractivity contribution in [3.05, 3.63) is 89.0 Å². The van der Waals surface area contributed by atoms with E-state index in [2.05, 4.69) is 0 Å². The van der Waals surface area contributed by atoms with E-state index in [1.54, 1.807) is 24.3 Å². The van der Waals surface area contributed by atoms with Gasteiger partial charge in [0.05, 0.1) is 12.3 Å². The third-order valence-electron chi connectivity index (χ3n) is 6.14. The lowest BCUT2D eigenvalue weighted by molar-refractivity contribution is -0.125. The van der Waals surface area contributed by atoms with Gasteiger partial charge >= 0.3 is 0 Å². The standard InChI is InChI=1S/C27H25F2NO3/c1-17-6-8-18(9-7-17)14-21(32)15-19-12-13-30(27(19)33)24-11-10-23(25(28)26(24)29)22-5-3-2-4-20(22)16-31/h2-11,19,31H,12-16H2,1H3/t19-/m0/s1. The summed E-state index contributed by atoms with van der Waals surface area (Å²) in [6, 6.07) is 17.1. The predicted molar refractivity (Wildman–Crippen MR) is 123 cm³/mol. The Morgan fingerprint density at radius 3 is 2.45 bits per heavy atom. The molecule has 4 nitrogen and oxygen atoms in total. The van der Waals surface area contributed by atoms with Gasteiger partial charge in [0, 0.05) is 30.9 Å². The van der Waals surface area contributed by atoms with Gasteiger partial charge in [-0.3, -0.25) is 9.59 Å². The maximum Gasteiger partial charge on any atom is 0.230 e. The van der Waals surface area contributed by atoms with E-state index in [4.69, 9.17) is 0 Å². The molecule has 1 fully saturated rings. The fourth-order valence-electron chi connectivity index (χ4n) is 4.32. The van der Waals surface area contributed by atoms with Gasteiger partial charge in [-0.1, -0.05) is 54.1 Å². The quantitative estimate of drug-likeness (QED) is 0.553. The second-order valence-electron chi connectivity index (χ2n) is 8.46. The number of amides is 1. The summed E-state index contributed by atoms with van der Waals surface area (Å²) in [5.74, 6) is -3.14. The molecule has 6 heteroatoms. The van der Waals surface area contributed by atoms with Gasteiger partial charge in [0.2, 0.25) is 5.91 Å². The molecule has 0 aliphatic carbocycles. The number of benzene rings is 3. The molecule has 0 aromatic heterocycles. The smallest absolute Gasteiger partial charge is 0.230 e. The van der Waals surface area contributed by atoms with Crippen LogP contribution in [0.4, 0.5) is 14.5 Å². The third kappa shape index (κ3) is 4.71. The number of hydrogen-bond acceptors (Lipinski definition) is 3. The molecule has 1 atom stereocenters. The minimum Gasteiger partial charge on any atom is -0.392 e. The molecule has 1 heterocycles. The third-order valence-corrected chi connectivity index (χ3v) is 6.14. The summed E-state index contributed by atoms with van der Waals surface area (Å²) in [4.78, 5) is 26.6. The summed E-state index contributed by atoms with van der Waals surface area (Å²) in [5, 5.41) is 9.51. The highest BCUT2D eigenvalue weighted by atomic mass is 19.2. The Bertz CT molecular complexity index is 1190.